The molecule has 0 spiro atoms. The first-order chi connectivity index (χ1) is 11.4. The van der Waals surface area contributed by atoms with Gasteiger partial charge < -0.3 is 15.0 Å². The van der Waals surface area contributed by atoms with Crippen molar-refractivity contribution in [3.63, 3.8) is 0 Å². The van der Waals surface area contributed by atoms with Crippen LogP contribution in [0.15, 0.2) is 24.3 Å². The molecule has 2 heterocycles. The van der Waals surface area contributed by atoms with Crippen LogP contribution in [0.3, 0.4) is 0 Å². The minimum Gasteiger partial charge on any atom is -0.454 e. The molecule has 2 saturated heterocycles. The van der Waals surface area contributed by atoms with E-state index in [1.807, 2.05) is 26.0 Å². The summed E-state index contributed by atoms with van der Waals surface area (Å²) >= 11 is 1.60. The highest BCUT2D eigenvalue weighted by molar-refractivity contribution is 8.01. The Hall–Kier alpha value is -2.02. The van der Waals surface area contributed by atoms with Crippen molar-refractivity contribution in [2.24, 2.45) is 0 Å². The van der Waals surface area contributed by atoms with E-state index in [0.717, 1.165) is 12.0 Å². The summed E-state index contributed by atoms with van der Waals surface area (Å²) in [4.78, 5) is 37.5. The van der Waals surface area contributed by atoms with Crippen LogP contribution < -0.4 is 5.32 Å². The molecule has 24 heavy (non-hydrogen) atoms. The molecule has 0 aromatic heterocycles. The lowest BCUT2D eigenvalue weighted by Crippen LogP contribution is -2.47. The van der Waals surface area contributed by atoms with Crippen molar-refractivity contribution in [3.8, 4) is 0 Å². The molecular weight excluding hydrogens is 328 g/mol. The van der Waals surface area contributed by atoms with Gasteiger partial charge in [-0.2, -0.15) is 0 Å². The topological polar surface area (TPSA) is 75.7 Å². The van der Waals surface area contributed by atoms with Gasteiger partial charge in [-0.15, -0.1) is 11.8 Å². The molecule has 2 aliphatic heterocycles. The number of amides is 2. The van der Waals surface area contributed by atoms with Crippen molar-refractivity contribution in [2.75, 3.05) is 17.7 Å². The number of fused-ring (bicyclic) bond motifs is 1. The van der Waals surface area contributed by atoms with Gasteiger partial charge in [0.25, 0.3) is 5.91 Å². The van der Waals surface area contributed by atoms with Crippen LogP contribution in [0.2, 0.25) is 0 Å². The molecule has 6 nitrogen and oxygen atoms in total. The maximum Gasteiger partial charge on any atom is 0.330 e. The SMILES string of the molecule is Cc1ccc(NC(=O)COC(=O)[C@@H]2CS[C@]3(C)CCC(=O)N23)cc1. The average molecular weight is 348 g/mol. The van der Waals surface area contributed by atoms with Crippen LogP contribution >= 0.6 is 11.8 Å². The summed E-state index contributed by atoms with van der Waals surface area (Å²) < 4.78 is 5.13. The molecule has 0 unspecified atom stereocenters. The molecule has 1 aromatic rings. The molecule has 128 valence electrons. The summed E-state index contributed by atoms with van der Waals surface area (Å²) in [5, 5.41) is 2.68. The van der Waals surface area contributed by atoms with E-state index in [2.05, 4.69) is 5.32 Å². The van der Waals surface area contributed by atoms with E-state index in [9.17, 15) is 14.4 Å². The largest absolute Gasteiger partial charge is 0.454 e. The number of hydrogen-bond donors (Lipinski definition) is 1. The third kappa shape index (κ3) is 3.26. The van der Waals surface area contributed by atoms with E-state index in [4.69, 9.17) is 4.74 Å². The fourth-order valence-electron chi connectivity index (χ4n) is 3.06. The van der Waals surface area contributed by atoms with Gasteiger partial charge in [-0.05, 0) is 32.4 Å². The second-order valence-electron chi connectivity index (χ2n) is 6.29. The monoisotopic (exact) mass is 348 g/mol. The number of ether oxygens (including phenoxy) is 1. The standard InChI is InChI=1S/C17H20N2O4S/c1-11-3-5-12(6-4-11)18-14(20)9-23-16(22)13-10-24-17(2)8-7-15(21)19(13)17/h3-6,13H,7-10H2,1-2H3,(H,18,20)/t13-,17+/m0/s1. The summed E-state index contributed by atoms with van der Waals surface area (Å²) in [6.07, 6.45) is 1.20. The third-order valence-corrected chi connectivity index (χ3v) is 5.90. The molecule has 2 amide bonds. The minimum absolute atomic E-state index is 0.0199. The predicted octanol–water partition coefficient (Wildman–Crippen LogP) is 1.93. The van der Waals surface area contributed by atoms with E-state index >= 15 is 0 Å². The Morgan fingerprint density at radius 3 is 2.79 bits per heavy atom. The van der Waals surface area contributed by atoms with Gasteiger partial charge >= 0.3 is 5.97 Å². The van der Waals surface area contributed by atoms with Crippen LogP contribution in [0.5, 0.6) is 0 Å². The Labute approximate surface area is 144 Å². The summed E-state index contributed by atoms with van der Waals surface area (Å²) in [5.41, 5.74) is 1.75. The zero-order valence-electron chi connectivity index (χ0n) is 13.7. The Morgan fingerprint density at radius 2 is 2.08 bits per heavy atom. The van der Waals surface area contributed by atoms with E-state index in [1.54, 1.807) is 28.8 Å². The van der Waals surface area contributed by atoms with E-state index in [0.29, 0.717) is 17.9 Å². The molecule has 2 fully saturated rings. The van der Waals surface area contributed by atoms with Gasteiger partial charge in [-0.3, -0.25) is 9.59 Å². The number of nitrogens with zero attached hydrogens (tertiary/aromatic N) is 1. The molecular formula is C17H20N2O4S. The zero-order chi connectivity index (χ0) is 17.3. The van der Waals surface area contributed by atoms with Crippen LogP contribution in [0.4, 0.5) is 5.69 Å². The molecule has 2 aliphatic rings. The van der Waals surface area contributed by atoms with Crippen molar-refractivity contribution >= 4 is 35.2 Å². The molecule has 2 atom stereocenters. The van der Waals surface area contributed by atoms with Gasteiger partial charge in [0.15, 0.2) is 6.61 Å². The zero-order valence-corrected chi connectivity index (χ0v) is 14.5. The number of rotatable bonds is 4. The van der Waals surface area contributed by atoms with Crippen molar-refractivity contribution in [2.45, 2.75) is 37.6 Å². The van der Waals surface area contributed by atoms with Crippen molar-refractivity contribution in [3.05, 3.63) is 29.8 Å². The first kappa shape index (κ1) is 16.8. The van der Waals surface area contributed by atoms with Gasteiger partial charge in [-0.1, -0.05) is 17.7 Å². The summed E-state index contributed by atoms with van der Waals surface area (Å²) in [5.74, 6) is -0.414. The summed E-state index contributed by atoms with van der Waals surface area (Å²) in [6, 6.07) is 6.75. The van der Waals surface area contributed by atoms with Crippen molar-refractivity contribution in [1.82, 2.24) is 4.90 Å². The van der Waals surface area contributed by atoms with Crippen LogP contribution in [0, 0.1) is 6.92 Å². The Kier molecular flexibility index (Phi) is 4.54. The molecule has 7 heteroatoms. The Morgan fingerprint density at radius 1 is 1.38 bits per heavy atom. The van der Waals surface area contributed by atoms with E-state index in [1.165, 1.54) is 0 Å². The number of carbonyl (C=O) groups excluding carboxylic acids is 3. The number of hydrogen-bond acceptors (Lipinski definition) is 5. The maximum absolute atomic E-state index is 12.3. The fourth-order valence-corrected chi connectivity index (χ4v) is 4.48. The maximum atomic E-state index is 12.3. The normalized spacial score (nSPS) is 25.5. The molecule has 1 aromatic carbocycles. The highest BCUT2D eigenvalue weighted by atomic mass is 32.2. The fraction of sp³-hybridized carbons (Fsp3) is 0.471. The first-order valence-electron chi connectivity index (χ1n) is 7.88. The van der Waals surface area contributed by atoms with E-state index in [-0.39, 0.29) is 17.4 Å². The number of nitrogens with one attached hydrogen (secondary N) is 1. The minimum atomic E-state index is -0.595. The summed E-state index contributed by atoms with van der Waals surface area (Å²) in [6.45, 7) is 3.58. The van der Waals surface area contributed by atoms with Crippen molar-refractivity contribution in [1.29, 1.82) is 0 Å². The Bertz CT molecular complexity index is 676. The molecule has 0 radical (unpaired) electrons. The Balaban J connectivity index is 1.53. The number of carbonyl (C=O) groups is 3. The number of anilines is 1. The number of benzene rings is 1. The average Bonchev–Trinajstić information content (AvgIpc) is 3.04. The highest BCUT2D eigenvalue weighted by Gasteiger charge is 2.53. The summed E-state index contributed by atoms with van der Waals surface area (Å²) in [7, 11) is 0. The number of aryl methyl sites for hydroxylation is 1. The van der Waals surface area contributed by atoms with Gasteiger partial charge in [0, 0.05) is 17.9 Å². The molecule has 0 bridgehead atoms. The van der Waals surface area contributed by atoms with Crippen LogP contribution in [0.25, 0.3) is 0 Å². The van der Waals surface area contributed by atoms with Gasteiger partial charge in [0.1, 0.15) is 6.04 Å². The lowest BCUT2D eigenvalue weighted by Gasteiger charge is -2.29. The highest BCUT2D eigenvalue weighted by Crippen LogP contribution is 2.47. The van der Waals surface area contributed by atoms with Crippen LogP contribution in [0.1, 0.15) is 25.3 Å². The molecule has 3 rings (SSSR count). The second kappa shape index (κ2) is 6.47. The number of esters is 1. The second-order valence-corrected chi connectivity index (χ2v) is 7.79. The van der Waals surface area contributed by atoms with E-state index < -0.39 is 17.9 Å². The van der Waals surface area contributed by atoms with Crippen LogP contribution in [-0.2, 0) is 19.1 Å². The first-order valence-corrected chi connectivity index (χ1v) is 8.87. The lowest BCUT2D eigenvalue weighted by molar-refractivity contribution is -0.155. The molecule has 0 aliphatic carbocycles. The molecule has 0 saturated carbocycles. The van der Waals surface area contributed by atoms with Crippen LogP contribution in [-0.4, -0.2) is 46.0 Å². The van der Waals surface area contributed by atoms with Gasteiger partial charge in [-0.25, -0.2) is 4.79 Å². The number of thioether (sulfide) groups is 1. The van der Waals surface area contributed by atoms with Gasteiger partial charge in [0.2, 0.25) is 5.91 Å². The van der Waals surface area contributed by atoms with Crippen molar-refractivity contribution < 1.29 is 19.1 Å². The lowest BCUT2D eigenvalue weighted by atomic mass is 10.2. The molecule has 1 N–H and O–H groups in total. The van der Waals surface area contributed by atoms with Gasteiger partial charge in [0.05, 0.1) is 4.87 Å². The predicted molar refractivity (Wildman–Crippen MR) is 91.5 cm³/mol. The smallest absolute Gasteiger partial charge is 0.330 e. The quantitative estimate of drug-likeness (QED) is 0.842. The third-order valence-electron chi connectivity index (χ3n) is 4.40.